The fourth-order valence-electron chi connectivity index (χ4n) is 3.41. The zero-order valence-electron chi connectivity index (χ0n) is 15.8. The number of carbonyl (C=O) groups excluding carboxylic acids is 1. The molecule has 1 saturated heterocycles. The molecule has 1 aromatic rings. The SMILES string of the molecule is CCOc1cc(F)cc(C2=CC3COCC(C2)N3C(=O)OC(C)(C)C)c1. The Kier molecular flexibility index (Phi) is 5.23. The molecule has 0 radical (unpaired) electrons. The molecule has 0 aliphatic carbocycles. The maximum absolute atomic E-state index is 14.0. The van der Waals surface area contributed by atoms with Gasteiger partial charge in [0.15, 0.2) is 0 Å². The topological polar surface area (TPSA) is 48.0 Å². The molecule has 2 unspecified atom stereocenters. The summed E-state index contributed by atoms with van der Waals surface area (Å²) in [5.74, 6) is 0.183. The van der Waals surface area contributed by atoms with E-state index in [0.717, 1.165) is 11.1 Å². The summed E-state index contributed by atoms with van der Waals surface area (Å²) >= 11 is 0. The number of rotatable bonds is 3. The minimum atomic E-state index is -0.550. The second kappa shape index (κ2) is 7.27. The van der Waals surface area contributed by atoms with E-state index in [9.17, 15) is 9.18 Å². The molecule has 0 saturated carbocycles. The Hall–Kier alpha value is -2.08. The van der Waals surface area contributed by atoms with Crippen molar-refractivity contribution in [2.45, 2.75) is 51.8 Å². The van der Waals surface area contributed by atoms with Gasteiger partial charge >= 0.3 is 6.09 Å². The summed E-state index contributed by atoms with van der Waals surface area (Å²) in [7, 11) is 0. The van der Waals surface area contributed by atoms with Gasteiger partial charge in [-0.25, -0.2) is 9.18 Å². The van der Waals surface area contributed by atoms with Crippen LogP contribution in [-0.4, -0.2) is 48.5 Å². The molecule has 0 spiro atoms. The molecule has 142 valence electrons. The molecule has 2 aliphatic heterocycles. The molecular weight excluding hydrogens is 337 g/mol. The molecule has 3 rings (SSSR count). The van der Waals surface area contributed by atoms with Crippen molar-refractivity contribution in [3.05, 3.63) is 35.7 Å². The third kappa shape index (κ3) is 4.18. The maximum Gasteiger partial charge on any atom is 0.411 e. The lowest BCUT2D eigenvalue weighted by atomic mass is 9.90. The van der Waals surface area contributed by atoms with Crippen molar-refractivity contribution in [3.8, 4) is 5.75 Å². The smallest absolute Gasteiger partial charge is 0.411 e. The predicted molar refractivity (Wildman–Crippen MR) is 96.6 cm³/mol. The van der Waals surface area contributed by atoms with Gasteiger partial charge in [-0.15, -0.1) is 0 Å². The van der Waals surface area contributed by atoms with Crippen LogP contribution in [0.3, 0.4) is 0 Å². The van der Waals surface area contributed by atoms with E-state index in [1.807, 2.05) is 39.8 Å². The van der Waals surface area contributed by atoms with E-state index >= 15 is 0 Å². The van der Waals surface area contributed by atoms with Crippen molar-refractivity contribution >= 4 is 11.7 Å². The molecule has 2 bridgehead atoms. The van der Waals surface area contributed by atoms with Gasteiger partial charge in [0.25, 0.3) is 0 Å². The molecule has 1 fully saturated rings. The third-order valence-corrected chi connectivity index (χ3v) is 4.36. The molecule has 6 heteroatoms. The van der Waals surface area contributed by atoms with E-state index in [4.69, 9.17) is 14.2 Å². The molecule has 0 N–H and O–H groups in total. The minimum Gasteiger partial charge on any atom is -0.494 e. The summed E-state index contributed by atoms with van der Waals surface area (Å²) in [5.41, 5.74) is 1.24. The van der Waals surface area contributed by atoms with Crippen molar-refractivity contribution in [1.29, 1.82) is 0 Å². The summed E-state index contributed by atoms with van der Waals surface area (Å²) in [5, 5.41) is 0. The molecule has 2 atom stereocenters. The zero-order chi connectivity index (χ0) is 18.9. The molecular formula is C20H26FNO4. The Labute approximate surface area is 153 Å². The number of ether oxygens (including phenoxy) is 3. The summed E-state index contributed by atoms with van der Waals surface area (Å²) in [6.45, 7) is 8.76. The lowest BCUT2D eigenvalue weighted by Crippen LogP contribution is -2.57. The first-order valence-corrected chi connectivity index (χ1v) is 9.00. The fourth-order valence-corrected chi connectivity index (χ4v) is 3.41. The van der Waals surface area contributed by atoms with Crippen molar-refractivity contribution in [2.75, 3.05) is 19.8 Å². The number of hydrogen-bond acceptors (Lipinski definition) is 4. The molecule has 5 nitrogen and oxygen atoms in total. The Balaban J connectivity index is 1.87. The number of benzene rings is 1. The van der Waals surface area contributed by atoms with Gasteiger partial charge < -0.3 is 14.2 Å². The van der Waals surface area contributed by atoms with E-state index < -0.39 is 5.60 Å². The molecule has 1 amide bonds. The normalized spacial score (nSPS) is 22.7. The van der Waals surface area contributed by atoms with E-state index in [0.29, 0.717) is 32.0 Å². The van der Waals surface area contributed by atoms with Crippen LogP contribution >= 0.6 is 0 Å². The summed E-state index contributed by atoms with van der Waals surface area (Å²) in [6.07, 6.45) is 2.23. The van der Waals surface area contributed by atoms with Crippen LogP contribution in [0.2, 0.25) is 0 Å². The highest BCUT2D eigenvalue weighted by Gasteiger charge is 2.40. The average Bonchev–Trinajstić information content (AvgIpc) is 2.51. The second-order valence-electron chi connectivity index (χ2n) is 7.65. The molecule has 26 heavy (non-hydrogen) atoms. The van der Waals surface area contributed by atoms with Crippen LogP contribution in [0.25, 0.3) is 5.57 Å². The van der Waals surface area contributed by atoms with Crippen LogP contribution in [0.1, 0.15) is 39.7 Å². The zero-order valence-corrected chi connectivity index (χ0v) is 15.8. The van der Waals surface area contributed by atoms with Crippen molar-refractivity contribution in [3.63, 3.8) is 0 Å². The Morgan fingerprint density at radius 3 is 2.73 bits per heavy atom. The lowest BCUT2D eigenvalue weighted by Gasteiger charge is -2.44. The average molecular weight is 363 g/mol. The van der Waals surface area contributed by atoms with Crippen molar-refractivity contribution < 1.29 is 23.4 Å². The number of carbonyl (C=O) groups is 1. The first kappa shape index (κ1) is 18.7. The van der Waals surface area contributed by atoms with Gasteiger partial charge in [-0.1, -0.05) is 6.08 Å². The molecule has 1 aromatic carbocycles. The summed E-state index contributed by atoms with van der Waals surface area (Å²) < 4.78 is 30.6. The number of hydrogen-bond donors (Lipinski definition) is 0. The summed E-state index contributed by atoms with van der Waals surface area (Å²) in [4.78, 5) is 14.4. The van der Waals surface area contributed by atoms with Gasteiger partial charge in [-0.2, -0.15) is 0 Å². The highest BCUT2D eigenvalue weighted by molar-refractivity contribution is 5.75. The largest absolute Gasteiger partial charge is 0.494 e. The number of halogens is 1. The predicted octanol–water partition coefficient (Wildman–Crippen LogP) is 4.02. The molecule has 2 heterocycles. The first-order chi connectivity index (χ1) is 12.3. The Morgan fingerprint density at radius 2 is 2.08 bits per heavy atom. The number of morpholine rings is 1. The number of amides is 1. The quantitative estimate of drug-likeness (QED) is 0.814. The lowest BCUT2D eigenvalue weighted by molar-refractivity contribution is -0.0510. The molecule has 0 aromatic heterocycles. The van der Waals surface area contributed by atoms with Gasteiger partial charge in [0.1, 0.15) is 17.2 Å². The minimum absolute atomic E-state index is 0.123. The van der Waals surface area contributed by atoms with Gasteiger partial charge in [0.05, 0.1) is 31.9 Å². The van der Waals surface area contributed by atoms with Gasteiger partial charge in [-0.05, 0) is 57.4 Å². The van der Waals surface area contributed by atoms with Crippen LogP contribution in [0, 0.1) is 5.82 Å². The van der Waals surface area contributed by atoms with Crippen LogP contribution < -0.4 is 4.74 Å². The maximum atomic E-state index is 14.0. The van der Waals surface area contributed by atoms with E-state index in [1.165, 1.54) is 12.1 Å². The van der Waals surface area contributed by atoms with Gasteiger partial charge in [0.2, 0.25) is 0 Å². The third-order valence-electron chi connectivity index (χ3n) is 4.36. The van der Waals surface area contributed by atoms with Crippen molar-refractivity contribution in [1.82, 2.24) is 4.90 Å². The highest BCUT2D eigenvalue weighted by atomic mass is 19.1. The number of nitrogens with zero attached hydrogens (tertiary/aromatic N) is 1. The van der Waals surface area contributed by atoms with E-state index in [1.54, 1.807) is 4.90 Å². The second-order valence-corrected chi connectivity index (χ2v) is 7.65. The first-order valence-electron chi connectivity index (χ1n) is 9.00. The highest BCUT2D eigenvalue weighted by Crippen LogP contribution is 2.35. The monoisotopic (exact) mass is 363 g/mol. The van der Waals surface area contributed by atoms with E-state index in [2.05, 4.69) is 0 Å². The van der Waals surface area contributed by atoms with Crippen LogP contribution in [0.5, 0.6) is 5.75 Å². The molecule has 2 aliphatic rings. The fraction of sp³-hybridized carbons (Fsp3) is 0.550. The van der Waals surface area contributed by atoms with Crippen molar-refractivity contribution in [2.24, 2.45) is 0 Å². The van der Waals surface area contributed by atoms with Gasteiger partial charge in [-0.3, -0.25) is 4.90 Å². The van der Waals surface area contributed by atoms with E-state index in [-0.39, 0.29) is 24.0 Å². The van der Waals surface area contributed by atoms with Crippen LogP contribution in [-0.2, 0) is 9.47 Å². The Morgan fingerprint density at radius 1 is 1.31 bits per heavy atom. The van der Waals surface area contributed by atoms with Crippen LogP contribution in [0.4, 0.5) is 9.18 Å². The van der Waals surface area contributed by atoms with Gasteiger partial charge in [0, 0.05) is 6.07 Å². The Bertz CT molecular complexity index is 710. The summed E-state index contributed by atoms with van der Waals surface area (Å²) in [6, 6.07) is 4.40. The number of fused-ring (bicyclic) bond motifs is 2. The van der Waals surface area contributed by atoms with Crippen LogP contribution in [0.15, 0.2) is 24.3 Å². The standard InChI is InChI=1S/C20H26FNO4/c1-5-25-18-9-13(6-15(21)10-18)14-7-16-11-24-12-17(8-14)22(16)19(23)26-20(2,3)4/h6-7,9-10,16-17H,5,8,11-12H2,1-4H3.